The molecule has 0 bridgehead atoms. The van der Waals surface area contributed by atoms with Crippen molar-refractivity contribution in [2.24, 2.45) is 35.0 Å². The molecule has 2 aliphatic carbocycles. The predicted octanol–water partition coefficient (Wildman–Crippen LogP) is 7.17. The Hall–Kier alpha value is -0.0900. The Morgan fingerprint density at radius 1 is 0.767 bits per heavy atom. The maximum Gasteiger partial charge on any atom is 0.208 e. The van der Waals surface area contributed by atoms with Crippen molar-refractivity contribution in [3.63, 3.8) is 0 Å². The van der Waals surface area contributed by atoms with Crippen LogP contribution in [0.5, 0.6) is 0 Å². The first-order valence-electron chi connectivity index (χ1n) is 13.1. The van der Waals surface area contributed by atoms with E-state index in [0.717, 1.165) is 11.8 Å². The van der Waals surface area contributed by atoms with Crippen molar-refractivity contribution in [1.29, 1.82) is 0 Å². The van der Waals surface area contributed by atoms with E-state index in [0.29, 0.717) is 24.3 Å². The first kappa shape index (κ1) is 26.2. The van der Waals surface area contributed by atoms with Gasteiger partial charge in [-0.3, -0.25) is 0 Å². The van der Waals surface area contributed by atoms with Crippen molar-refractivity contribution in [2.45, 2.75) is 118 Å². The van der Waals surface area contributed by atoms with Crippen LogP contribution in [-0.2, 0) is 10.0 Å². The van der Waals surface area contributed by atoms with Gasteiger partial charge in [-0.1, -0.05) is 98.3 Å². The molecule has 4 atom stereocenters. The quantitative estimate of drug-likeness (QED) is 0.491. The number of rotatable bonds is 5. The Labute approximate surface area is 188 Å². The molecule has 0 saturated heterocycles. The van der Waals surface area contributed by atoms with Crippen LogP contribution in [0, 0.1) is 35.0 Å². The molecular formula is C26H51NO2S. The van der Waals surface area contributed by atoms with Crippen LogP contribution < -0.4 is 4.72 Å². The highest BCUT2D eigenvalue weighted by Crippen LogP contribution is 2.51. The van der Waals surface area contributed by atoms with Crippen molar-refractivity contribution >= 4 is 10.0 Å². The fraction of sp³-hybridized carbons (Fsp3) is 1.00. The summed E-state index contributed by atoms with van der Waals surface area (Å²) in [5.41, 5.74) is 0.253. The van der Waals surface area contributed by atoms with Crippen LogP contribution in [0.2, 0.25) is 0 Å². The summed E-state index contributed by atoms with van der Waals surface area (Å²) >= 11 is 0. The van der Waals surface area contributed by atoms with Crippen molar-refractivity contribution in [2.75, 3.05) is 12.8 Å². The zero-order valence-corrected chi connectivity index (χ0v) is 21.5. The summed E-state index contributed by atoms with van der Waals surface area (Å²) in [6.45, 7) is 10.6. The van der Waals surface area contributed by atoms with Gasteiger partial charge >= 0.3 is 0 Å². The highest BCUT2D eigenvalue weighted by molar-refractivity contribution is 7.88. The minimum Gasteiger partial charge on any atom is -0.215 e. The van der Waals surface area contributed by atoms with E-state index in [4.69, 9.17) is 0 Å². The topological polar surface area (TPSA) is 46.2 Å². The zero-order valence-electron chi connectivity index (χ0n) is 20.7. The van der Waals surface area contributed by atoms with E-state index >= 15 is 0 Å². The first-order valence-corrected chi connectivity index (χ1v) is 15.0. The lowest BCUT2D eigenvalue weighted by atomic mass is 9.55. The lowest BCUT2D eigenvalue weighted by molar-refractivity contribution is -0.00982. The van der Waals surface area contributed by atoms with E-state index in [9.17, 15) is 8.42 Å². The van der Waals surface area contributed by atoms with Gasteiger partial charge in [-0.15, -0.1) is 0 Å². The van der Waals surface area contributed by atoms with E-state index in [2.05, 4.69) is 32.4 Å². The van der Waals surface area contributed by atoms with Crippen LogP contribution in [0.15, 0.2) is 0 Å². The second kappa shape index (κ2) is 12.2. The van der Waals surface area contributed by atoms with E-state index in [-0.39, 0.29) is 5.41 Å². The number of sulfonamides is 1. The number of hydrogen-bond donors (Lipinski definition) is 1. The van der Waals surface area contributed by atoms with Gasteiger partial charge in [-0.05, 0) is 54.3 Å². The normalized spacial score (nSPS) is 32.0. The number of hydrogen-bond acceptors (Lipinski definition) is 2. The van der Waals surface area contributed by atoms with E-state index < -0.39 is 10.0 Å². The molecule has 0 aromatic rings. The van der Waals surface area contributed by atoms with Gasteiger partial charge in [-0.2, -0.15) is 0 Å². The largest absolute Gasteiger partial charge is 0.215 e. The molecule has 2 saturated carbocycles. The van der Waals surface area contributed by atoms with E-state index in [1.54, 1.807) is 0 Å². The molecule has 3 nitrogen and oxygen atoms in total. The van der Waals surface area contributed by atoms with Crippen LogP contribution in [0.4, 0.5) is 0 Å². The summed E-state index contributed by atoms with van der Waals surface area (Å²) in [4.78, 5) is 0. The van der Waals surface area contributed by atoms with Crippen LogP contribution in [-0.4, -0.2) is 21.2 Å². The highest BCUT2D eigenvalue weighted by atomic mass is 32.2. The molecule has 4 unspecified atom stereocenters. The monoisotopic (exact) mass is 441 g/mol. The minimum atomic E-state index is -3.14. The molecule has 1 N–H and O–H groups in total. The summed E-state index contributed by atoms with van der Waals surface area (Å²) in [6, 6.07) is 0. The third kappa shape index (κ3) is 8.11. The van der Waals surface area contributed by atoms with Gasteiger partial charge in [-0.25, -0.2) is 13.1 Å². The van der Waals surface area contributed by atoms with Crippen LogP contribution in [0.3, 0.4) is 0 Å². The van der Waals surface area contributed by atoms with Crippen molar-refractivity contribution in [1.82, 2.24) is 4.72 Å². The maximum atomic E-state index is 11.9. The molecule has 2 fully saturated rings. The van der Waals surface area contributed by atoms with Crippen LogP contribution in [0.25, 0.3) is 0 Å². The van der Waals surface area contributed by atoms with Gasteiger partial charge < -0.3 is 0 Å². The molecule has 0 aliphatic heterocycles. The smallest absolute Gasteiger partial charge is 0.208 e. The predicted molar refractivity (Wildman–Crippen MR) is 130 cm³/mol. The summed E-state index contributed by atoms with van der Waals surface area (Å²) in [5.74, 6) is 3.15. The molecule has 178 valence electrons. The molecule has 30 heavy (non-hydrogen) atoms. The van der Waals surface area contributed by atoms with E-state index in [1.807, 2.05) is 0 Å². The second-order valence-corrected chi connectivity index (χ2v) is 13.3. The molecule has 4 heteroatoms. The molecule has 0 aromatic heterocycles. The van der Waals surface area contributed by atoms with Crippen molar-refractivity contribution in [3.8, 4) is 0 Å². The first-order chi connectivity index (χ1) is 14.1. The standard InChI is InChI=1S/C26H51NO2S/c1-21-16-14-15-17-23(20-27-30(5,28)29)25(22(21)2)26(3,4)24-18-12-10-8-6-7-9-11-13-19-24/h21-25,27H,6-20H2,1-5H3. The van der Waals surface area contributed by atoms with Gasteiger partial charge in [0.1, 0.15) is 0 Å². The zero-order chi connectivity index (χ0) is 22.2. The average Bonchev–Trinajstić information content (AvgIpc) is 2.72. The molecule has 2 aliphatic rings. The third-order valence-electron chi connectivity index (χ3n) is 8.83. The molecular weight excluding hydrogens is 390 g/mol. The van der Waals surface area contributed by atoms with Gasteiger partial charge in [0, 0.05) is 6.54 Å². The molecule has 0 heterocycles. The Morgan fingerprint density at radius 3 is 1.77 bits per heavy atom. The molecule has 0 spiro atoms. The summed E-state index contributed by atoms with van der Waals surface area (Å²) in [7, 11) is -3.14. The van der Waals surface area contributed by atoms with Crippen molar-refractivity contribution in [3.05, 3.63) is 0 Å². The van der Waals surface area contributed by atoms with Crippen molar-refractivity contribution < 1.29 is 8.42 Å². The van der Waals surface area contributed by atoms with Gasteiger partial charge in [0.2, 0.25) is 10.0 Å². The minimum absolute atomic E-state index is 0.253. The third-order valence-corrected chi connectivity index (χ3v) is 9.52. The van der Waals surface area contributed by atoms with E-state index in [1.165, 1.54) is 96.1 Å². The summed E-state index contributed by atoms with van der Waals surface area (Å²) < 4.78 is 26.7. The fourth-order valence-corrected chi connectivity index (χ4v) is 7.39. The summed E-state index contributed by atoms with van der Waals surface area (Å²) in [5, 5.41) is 0. The molecule has 2 rings (SSSR count). The van der Waals surface area contributed by atoms with Crippen LogP contribution >= 0.6 is 0 Å². The Bertz CT molecular complexity index is 574. The lowest BCUT2D eigenvalue weighted by Crippen LogP contribution is -2.46. The van der Waals surface area contributed by atoms with Gasteiger partial charge in [0.05, 0.1) is 6.26 Å². The van der Waals surface area contributed by atoms with Gasteiger partial charge in [0.15, 0.2) is 0 Å². The lowest BCUT2D eigenvalue weighted by Gasteiger charge is -2.50. The molecule has 0 amide bonds. The summed E-state index contributed by atoms with van der Waals surface area (Å²) in [6.07, 6.45) is 20.2. The fourth-order valence-electron chi connectivity index (χ4n) is 6.87. The Morgan fingerprint density at radius 2 is 1.23 bits per heavy atom. The highest BCUT2D eigenvalue weighted by Gasteiger charge is 2.45. The second-order valence-electron chi connectivity index (χ2n) is 11.5. The Kier molecular flexibility index (Phi) is 10.7. The average molecular weight is 442 g/mol. The van der Waals surface area contributed by atoms with Crippen LogP contribution in [0.1, 0.15) is 118 Å². The molecule has 0 radical (unpaired) electrons. The van der Waals surface area contributed by atoms with Gasteiger partial charge in [0.25, 0.3) is 0 Å². The number of nitrogens with one attached hydrogen (secondary N) is 1. The Balaban J connectivity index is 2.27. The maximum absolute atomic E-state index is 11.9. The SMILES string of the molecule is CC1CCCCC(CNS(C)(=O)=O)C(C(C)(C)C2CCCCCCCCCC2)C1C. The molecule has 0 aromatic carbocycles.